The minimum Gasteiger partial charge on any atom is -0.376 e. The van der Waals surface area contributed by atoms with E-state index in [0.717, 1.165) is 22.9 Å². The van der Waals surface area contributed by atoms with E-state index in [0.29, 0.717) is 12.0 Å². The summed E-state index contributed by atoms with van der Waals surface area (Å²) in [5, 5.41) is 14.0. The lowest BCUT2D eigenvalue weighted by Gasteiger charge is -2.15. The molecule has 3 aromatic rings. The lowest BCUT2D eigenvalue weighted by atomic mass is 10.1. The molecular weight excluding hydrogens is 274 g/mol. The van der Waals surface area contributed by atoms with Crippen molar-refractivity contribution in [2.24, 2.45) is 0 Å². The van der Waals surface area contributed by atoms with Crippen molar-refractivity contribution < 1.29 is 0 Å². The topological polar surface area (TPSA) is 57.2 Å². The zero-order valence-corrected chi connectivity index (χ0v) is 12.9. The Morgan fingerprint density at radius 3 is 2.59 bits per heavy atom. The maximum Gasteiger partial charge on any atom is 0.158 e. The zero-order valence-electron chi connectivity index (χ0n) is 12.9. The Balaban J connectivity index is 2.10. The van der Waals surface area contributed by atoms with E-state index < -0.39 is 0 Å². The third kappa shape index (κ3) is 2.40. The molecule has 110 valence electrons. The number of anilines is 1. The number of benzene rings is 1. The van der Waals surface area contributed by atoms with E-state index in [4.69, 9.17) is 0 Å². The van der Waals surface area contributed by atoms with E-state index >= 15 is 0 Å². The van der Waals surface area contributed by atoms with Gasteiger partial charge in [0.25, 0.3) is 0 Å². The normalized spacial score (nSPS) is 10.6. The van der Waals surface area contributed by atoms with E-state index in [1.165, 1.54) is 5.56 Å². The lowest BCUT2D eigenvalue weighted by molar-refractivity contribution is 0.865. The van der Waals surface area contributed by atoms with Crippen molar-refractivity contribution in [3.8, 4) is 6.07 Å². The summed E-state index contributed by atoms with van der Waals surface area (Å²) in [4.78, 5) is 6.53. The average Bonchev–Trinajstić information content (AvgIpc) is 2.91. The van der Waals surface area contributed by atoms with Gasteiger partial charge in [0.2, 0.25) is 0 Å². The number of rotatable bonds is 3. The molecule has 0 N–H and O–H groups in total. The van der Waals surface area contributed by atoms with Crippen molar-refractivity contribution in [2.45, 2.75) is 13.3 Å². The van der Waals surface area contributed by atoms with E-state index in [2.05, 4.69) is 28.3 Å². The number of hydrogen-bond donors (Lipinski definition) is 0. The van der Waals surface area contributed by atoms with Gasteiger partial charge in [-0.3, -0.25) is 0 Å². The molecule has 2 aromatic heterocycles. The van der Waals surface area contributed by atoms with Crippen LogP contribution in [0.4, 0.5) is 5.69 Å². The Hall–Kier alpha value is -2.87. The molecule has 5 heteroatoms. The first-order chi connectivity index (χ1) is 10.6. The van der Waals surface area contributed by atoms with Gasteiger partial charge in [-0.2, -0.15) is 10.4 Å². The Morgan fingerprint density at radius 2 is 1.95 bits per heavy atom. The highest BCUT2D eigenvalue weighted by atomic mass is 15.3. The first-order valence-corrected chi connectivity index (χ1v) is 7.10. The van der Waals surface area contributed by atoms with Gasteiger partial charge in [-0.05, 0) is 12.5 Å². The van der Waals surface area contributed by atoms with Gasteiger partial charge in [-0.15, -0.1) is 0 Å². The quantitative estimate of drug-likeness (QED) is 0.744. The number of nitrogens with zero attached hydrogens (tertiary/aromatic N) is 5. The molecule has 0 unspecified atom stereocenters. The first kappa shape index (κ1) is 14.1. The van der Waals surface area contributed by atoms with E-state index in [9.17, 15) is 5.26 Å². The molecule has 3 rings (SSSR count). The molecule has 0 atom stereocenters. The number of nitriles is 1. The van der Waals surface area contributed by atoms with Gasteiger partial charge in [0.15, 0.2) is 11.5 Å². The molecular formula is C17H17N5. The second-order valence-electron chi connectivity index (χ2n) is 5.46. The number of pyridine rings is 1. The molecule has 22 heavy (non-hydrogen) atoms. The summed E-state index contributed by atoms with van der Waals surface area (Å²) in [6.45, 7) is 1.90. The third-order valence-electron chi connectivity index (χ3n) is 3.68. The van der Waals surface area contributed by atoms with Crippen molar-refractivity contribution in [1.29, 1.82) is 5.26 Å². The van der Waals surface area contributed by atoms with Gasteiger partial charge < -0.3 is 4.90 Å². The number of aromatic nitrogens is 3. The van der Waals surface area contributed by atoms with Crippen LogP contribution in [0, 0.1) is 18.3 Å². The highest BCUT2D eigenvalue weighted by Gasteiger charge is 2.15. The van der Waals surface area contributed by atoms with Crippen LogP contribution in [0.15, 0.2) is 36.4 Å². The molecule has 2 heterocycles. The fourth-order valence-electron chi connectivity index (χ4n) is 2.54. The summed E-state index contributed by atoms with van der Waals surface area (Å²) < 4.78 is 1.75. The van der Waals surface area contributed by atoms with E-state index in [1.54, 1.807) is 4.52 Å². The van der Waals surface area contributed by atoms with Crippen LogP contribution in [0.2, 0.25) is 0 Å². The summed E-state index contributed by atoms with van der Waals surface area (Å²) >= 11 is 0. The van der Waals surface area contributed by atoms with Crippen LogP contribution in [0.25, 0.3) is 5.65 Å². The molecule has 0 saturated carbocycles. The second kappa shape index (κ2) is 5.49. The van der Waals surface area contributed by atoms with Gasteiger partial charge >= 0.3 is 0 Å². The van der Waals surface area contributed by atoms with Gasteiger partial charge in [0, 0.05) is 26.6 Å². The lowest BCUT2D eigenvalue weighted by Crippen LogP contribution is -2.13. The largest absolute Gasteiger partial charge is 0.376 e. The van der Waals surface area contributed by atoms with Crippen LogP contribution >= 0.6 is 0 Å². The SMILES string of the molecule is Cc1c(C#N)c(N(C)C)cc2nc(Cc3ccccc3)nn12. The molecule has 0 bridgehead atoms. The molecule has 0 saturated heterocycles. The summed E-state index contributed by atoms with van der Waals surface area (Å²) in [5.41, 5.74) is 4.26. The van der Waals surface area contributed by atoms with Crippen molar-refractivity contribution in [3.05, 3.63) is 59.0 Å². The van der Waals surface area contributed by atoms with Crippen molar-refractivity contribution >= 4 is 11.3 Å². The average molecular weight is 291 g/mol. The minimum absolute atomic E-state index is 0.633. The molecule has 0 aliphatic heterocycles. The van der Waals surface area contributed by atoms with Crippen LogP contribution in [-0.2, 0) is 6.42 Å². The molecule has 5 nitrogen and oxygen atoms in total. The summed E-state index contributed by atoms with van der Waals surface area (Å²) in [5.74, 6) is 0.758. The van der Waals surface area contributed by atoms with Gasteiger partial charge in [0.05, 0.1) is 16.9 Å². The highest BCUT2D eigenvalue weighted by Crippen LogP contribution is 2.23. The smallest absolute Gasteiger partial charge is 0.158 e. The van der Waals surface area contributed by atoms with Gasteiger partial charge in [0.1, 0.15) is 6.07 Å². The van der Waals surface area contributed by atoms with Crippen molar-refractivity contribution in [1.82, 2.24) is 14.6 Å². The molecule has 0 fully saturated rings. The number of aryl methyl sites for hydroxylation is 1. The number of hydrogen-bond acceptors (Lipinski definition) is 4. The zero-order chi connectivity index (χ0) is 15.7. The number of fused-ring (bicyclic) bond motifs is 1. The van der Waals surface area contributed by atoms with Crippen LogP contribution in [0.1, 0.15) is 22.6 Å². The van der Waals surface area contributed by atoms with Crippen LogP contribution in [0.5, 0.6) is 0 Å². The highest BCUT2D eigenvalue weighted by molar-refractivity contribution is 5.66. The summed E-state index contributed by atoms with van der Waals surface area (Å²) in [6.07, 6.45) is 0.682. The van der Waals surface area contributed by atoms with Gasteiger partial charge in [-0.1, -0.05) is 30.3 Å². The molecule has 0 radical (unpaired) electrons. The van der Waals surface area contributed by atoms with Crippen molar-refractivity contribution in [3.63, 3.8) is 0 Å². The molecule has 0 aliphatic rings. The van der Waals surface area contributed by atoms with E-state index in [1.807, 2.05) is 50.2 Å². The maximum atomic E-state index is 9.41. The Kier molecular flexibility index (Phi) is 3.51. The Bertz CT molecular complexity index is 856. The van der Waals surface area contributed by atoms with Crippen LogP contribution in [0.3, 0.4) is 0 Å². The monoisotopic (exact) mass is 291 g/mol. The fraction of sp³-hybridized carbons (Fsp3) is 0.235. The summed E-state index contributed by atoms with van der Waals surface area (Å²) in [6, 6.07) is 14.3. The van der Waals surface area contributed by atoms with Crippen molar-refractivity contribution in [2.75, 3.05) is 19.0 Å². The Labute approximate surface area is 129 Å². The van der Waals surface area contributed by atoms with Crippen LogP contribution < -0.4 is 4.90 Å². The Morgan fingerprint density at radius 1 is 1.23 bits per heavy atom. The first-order valence-electron chi connectivity index (χ1n) is 7.10. The minimum atomic E-state index is 0.633. The second-order valence-corrected chi connectivity index (χ2v) is 5.46. The third-order valence-corrected chi connectivity index (χ3v) is 3.68. The maximum absolute atomic E-state index is 9.41. The van der Waals surface area contributed by atoms with E-state index in [-0.39, 0.29) is 0 Å². The summed E-state index contributed by atoms with van der Waals surface area (Å²) in [7, 11) is 3.85. The molecule has 0 aliphatic carbocycles. The molecule has 0 spiro atoms. The molecule has 1 aromatic carbocycles. The standard InChI is InChI=1S/C17H17N5/c1-12-14(11-18)15(21(2)3)10-17-19-16(20-22(12)17)9-13-7-5-4-6-8-13/h4-8,10H,9H2,1-3H3. The molecule has 0 amide bonds. The van der Waals surface area contributed by atoms with Crippen LogP contribution in [-0.4, -0.2) is 28.7 Å². The predicted molar refractivity (Wildman–Crippen MR) is 86.0 cm³/mol. The fourth-order valence-corrected chi connectivity index (χ4v) is 2.54. The van der Waals surface area contributed by atoms with Gasteiger partial charge in [-0.25, -0.2) is 9.50 Å². The predicted octanol–water partition coefficient (Wildman–Crippen LogP) is 2.57.